The summed E-state index contributed by atoms with van der Waals surface area (Å²) in [5.41, 5.74) is 5.85. The monoisotopic (exact) mass is 282 g/mol. The Balaban J connectivity index is 2.03. The van der Waals surface area contributed by atoms with Crippen molar-refractivity contribution >= 4 is 28.2 Å². The van der Waals surface area contributed by atoms with Crippen molar-refractivity contribution in [1.82, 2.24) is 10.3 Å². The van der Waals surface area contributed by atoms with Crippen LogP contribution in [0.15, 0.2) is 0 Å². The molecule has 19 heavy (non-hydrogen) atoms. The topological polar surface area (TPSA) is 71.2 Å². The molecule has 106 valence electrons. The lowest BCUT2D eigenvalue weighted by atomic mass is 9.95. The molecule has 0 radical (unpaired) electrons. The number of thiazole rings is 1. The first-order valence-corrected chi connectivity index (χ1v) is 7.71. The largest absolute Gasteiger partial charge is 0.382 e. The van der Waals surface area contributed by atoms with E-state index < -0.39 is 0 Å². The molecule has 1 aromatic rings. The van der Waals surface area contributed by atoms with Crippen LogP contribution in [-0.2, 0) is 0 Å². The molecule has 0 atom stereocenters. The van der Waals surface area contributed by atoms with E-state index in [2.05, 4.69) is 10.3 Å². The number of nitrogens with one attached hydrogen (secondary N) is 1. The van der Waals surface area contributed by atoms with Crippen LogP contribution in [0.3, 0.4) is 0 Å². The normalized spacial score (nSPS) is 16.3. The molecule has 5 nitrogen and oxygen atoms in total. The van der Waals surface area contributed by atoms with E-state index in [-0.39, 0.29) is 5.91 Å². The molecule has 3 N–H and O–H groups in total. The zero-order valence-electron chi connectivity index (χ0n) is 11.6. The van der Waals surface area contributed by atoms with Crippen molar-refractivity contribution in [3.63, 3.8) is 0 Å². The summed E-state index contributed by atoms with van der Waals surface area (Å²) >= 11 is 1.37. The number of nitrogen functional groups attached to an aromatic ring is 1. The van der Waals surface area contributed by atoms with Crippen molar-refractivity contribution in [2.75, 3.05) is 24.2 Å². The predicted octanol–water partition coefficient (Wildman–Crippen LogP) is 2.24. The van der Waals surface area contributed by atoms with Crippen LogP contribution in [0.5, 0.6) is 0 Å². The van der Waals surface area contributed by atoms with Crippen molar-refractivity contribution in [2.45, 2.75) is 45.1 Å². The first-order chi connectivity index (χ1) is 9.11. The molecule has 0 spiro atoms. The van der Waals surface area contributed by atoms with E-state index in [0.29, 0.717) is 16.7 Å². The number of hydrogen-bond donors (Lipinski definition) is 2. The first kappa shape index (κ1) is 14.1. The number of amides is 1. The number of carbonyl (C=O) groups excluding carboxylic acids is 1. The number of rotatable bonds is 4. The number of anilines is 2. The molecule has 0 aliphatic heterocycles. The Kier molecular flexibility index (Phi) is 4.63. The van der Waals surface area contributed by atoms with Crippen LogP contribution in [0.4, 0.5) is 10.9 Å². The van der Waals surface area contributed by atoms with Crippen LogP contribution in [0.1, 0.15) is 48.7 Å². The maximum atomic E-state index is 12.2. The van der Waals surface area contributed by atoms with Gasteiger partial charge < -0.3 is 16.0 Å². The molecule has 0 aromatic carbocycles. The quantitative estimate of drug-likeness (QED) is 0.888. The summed E-state index contributed by atoms with van der Waals surface area (Å²) in [6.45, 7) is 2.88. The molecule has 1 amide bonds. The molecule has 0 saturated heterocycles. The van der Waals surface area contributed by atoms with Crippen LogP contribution in [-0.4, -0.2) is 30.5 Å². The summed E-state index contributed by atoms with van der Waals surface area (Å²) in [6.07, 6.45) is 5.83. The highest BCUT2D eigenvalue weighted by atomic mass is 32.1. The SMILES string of the molecule is CCN(C)c1nc(N)c(C(=O)NC2CCCCC2)s1. The van der Waals surface area contributed by atoms with Gasteiger partial charge in [0.25, 0.3) is 5.91 Å². The van der Waals surface area contributed by atoms with Gasteiger partial charge in [-0.05, 0) is 19.8 Å². The zero-order valence-corrected chi connectivity index (χ0v) is 12.4. The molecular formula is C13H22N4OS. The van der Waals surface area contributed by atoms with Crippen LogP contribution >= 0.6 is 11.3 Å². The highest BCUT2D eigenvalue weighted by molar-refractivity contribution is 7.18. The number of carbonyl (C=O) groups is 1. The van der Waals surface area contributed by atoms with E-state index >= 15 is 0 Å². The lowest BCUT2D eigenvalue weighted by Crippen LogP contribution is -2.36. The summed E-state index contributed by atoms with van der Waals surface area (Å²) in [4.78, 5) is 19.0. The Morgan fingerprint density at radius 1 is 1.47 bits per heavy atom. The first-order valence-electron chi connectivity index (χ1n) is 6.90. The van der Waals surface area contributed by atoms with Crippen LogP contribution in [0.2, 0.25) is 0 Å². The van der Waals surface area contributed by atoms with E-state index in [9.17, 15) is 4.79 Å². The predicted molar refractivity (Wildman–Crippen MR) is 79.8 cm³/mol. The third kappa shape index (κ3) is 3.37. The molecule has 2 rings (SSSR count). The molecule has 1 aliphatic carbocycles. The van der Waals surface area contributed by atoms with Crippen LogP contribution < -0.4 is 16.0 Å². The Labute approximate surface area is 118 Å². The van der Waals surface area contributed by atoms with Crippen molar-refractivity contribution < 1.29 is 4.79 Å². The molecular weight excluding hydrogens is 260 g/mol. The van der Waals surface area contributed by atoms with E-state index in [1.165, 1.54) is 30.6 Å². The lowest BCUT2D eigenvalue weighted by molar-refractivity contribution is 0.0932. The summed E-state index contributed by atoms with van der Waals surface area (Å²) < 4.78 is 0. The maximum Gasteiger partial charge on any atom is 0.265 e. The van der Waals surface area contributed by atoms with E-state index in [4.69, 9.17) is 5.73 Å². The molecule has 0 unspecified atom stereocenters. The smallest absolute Gasteiger partial charge is 0.265 e. The van der Waals surface area contributed by atoms with Gasteiger partial charge in [0.1, 0.15) is 10.7 Å². The number of aromatic nitrogens is 1. The molecule has 1 saturated carbocycles. The molecule has 1 aliphatic rings. The fourth-order valence-electron chi connectivity index (χ4n) is 2.28. The van der Waals surface area contributed by atoms with Crippen LogP contribution in [0.25, 0.3) is 0 Å². The number of nitrogens with two attached hydrogens (primary N) is 1. The van der Waals surface area contributed by atoms with Crippen molar-refractivity contribution in [3.8, 4) is 0 Å². The maximum absolute atomic E-state index is 12.2. The Hall–Kier alpha value is -1.30. The summed E-state index contributed by atoms with van der Waals surface area (Å²) in [6, 6.07) is 0.301. The van der Waals surface area contributed by atoms with Gasteiger partial charge >= 0.3 is 0 Å². The fraction of sp³-hybridized carbons (Fsp3) is 0.692. The molecule has 6 heteroatoms. The molecule has 1 heterocycles. The molecule has 1 fully saturated rings. The second-order valence-electron chi connectivity index (χ2n) is 5.03. The standard InChI is InChI=1S/C13H22N4OS/c1-3-17(2)13-16-11(14)10(19-13)12(18)15-9-7-5-4-6-8-9/h9H,3-8,14H2,1-2H3,(H,15,18). The fourth-order valence-corrected chi connectivity index (χ4v) is 3.19. The number of nitrogens with zero attached hydrogens (tertiary/aromatic N) is 2. The summed E-state index contributed by atoms with van der Waals surface area (Å²) in [5, 5.41) is 3.88. The second-order valence-corrected chi connectivity index (χ2v) is 6.01. The minimum atomic E-state index is -0.0716. The van der Waals surface area contributed by atoms with Gasteiger partial charge in [-0.3, -0.25) is 4.79 Å². The van der Waals surface area contributed by atoms with Gasteiger partial charge in [0.15, 0.2) is 5.13 Å². The molecule has 1 aromatic heterocycles. The van der Waals surface area contributed by atoms with Gasteiger partial charge in [0.2, 0.25) is 0 Å². The van der Waals surface area contributed by atoms with Gasteiger partial charge in [-0.25, -0.2) is 4.98 Å². The van der Waals surface area contributed by atoms with Gasteiger partial charge in [-0.1, -0.05) is 30.6 Å². The Morgan fingerprint density at radius 3 is 2.79 bits per heavy atom. The molecule has 0 bridgehead atoms. The average Bonchev–Trinajstić information content (AvgIpc) is 2.81. The van der Waals surface area contributed by atoms with Crippen molar-refractivity contribution in [2.24, 2.45) is 0 Å². The highest BCUT2D eigenvalue weighted by Crippen LogP contribution is 2.28. The second kappa shape index (κ2) is 6.23. The van der Waals surface area contributed by atoms with Gasteiger partial charge in [-0.2, -0.15) is 0 Å². The zero-order chi connectivity index (χ0) is 13.8. The van der Waals surface area contributed by atoms with Crippen molar-refractivity contribution in [1.29, 1.82) is 0 Å². The lowest BCUT2D eigenvalue weighted by Gasteiger charge is -2.22. The summed E-state index contributed by atoms with van der Waals surface area (Å²) in [5.74, 6) is 0.270. The van der Waals surface area contributed by atoms with Crippen molar-refractivity contribution in [3.05, 3.63) is 4.88 Å². The highest BCUT2D eigenvalue weighted by Gasteiger charge is 2.21. The van der Waals surface area contributed by atoms with E-state index in [0.717, 1.165) is 24.5 Å². The third-order valence-corrected chi connectivity index (χ3v) is 4.77. The summed E-state index contributed by atoms with van der Waals surface area (Å²) in [7, 11) is 1.95. The van der Waals surface area contributed by atoms with Gasteiger partial charge in [-0.15, -0.1) is 0 Å². The Morgan fingerprint density at radius 2 is 2.16 bits per heavy atom. The third-order valence-electron chi connectivity index (χ3n) is 3.59. The minimum absolute atomic E-state index is 0.0716. The van der Waals surface area contributed by atoms with Crippen LogP contribution in [0, 0.1) is 0 Å². The average molecular weight is 282 g/mol. The minimum Gasteiger partial charge on any atom is -0.382 e. The van der Waals surface area contributed by atoms with Gasteiger partial charge in [0, 0.05) is 19.6 Å². The van der Waals surface area contributed by atoms with E-state index in [1.807, 2.05) is 18.9 Å². The van der Waals surface area contributed by atoms with E-state index in [1.54, 1.807) is 0 Å². The Bertz CT molecular complexity index is 440. The van der Waals surface area contributed by atoms with Gasteiger partial charge in [0.05, 0.1) is 0 Å². The number of hydrogen-bond acceptors (Lipinski definition) is 5.